The SMILES string of the molecule is O=C(O)CN(Cc1ccc([N+](=O)[O-])s1)C1CCS(=O)(=O)C1. The molecule has 0 saturated carbocycles. The van der Waals surface area contributed by atoms with Crippen LogP contribution in [0, 0.1) is 10.1 Å². The molecule has 1 saturated heterocycles. The molecule has 1 aromatic heterocycles. The summed E-state index contributed by atoms with van der Waals surface area (Å²) in [6.07, 6.45) is 0.392. The quantitative estimate of drug-likeness (QED) is 0.602. The largest absolute Gasteiger partial charge is 0.480 e. The van der Waals surface area contributed by atoms with Gasteiger partial charge in [0.25, 0.3) is 0 Å². The summed E-state index contributed by atoms with van der Waals surface area (Å²) in [5.41, 5.74) is 0. The van der Waals surface area contributed by atoms with Gasteiger partial charge in [-0.3, -0.25) is 19.8 Å². The van der Waals surface area contributed by atoms with E-state index >= 15 is 0 Å². The Bertz CT molecular complexity index is 653. The fourth-order valence-electron chi connectivity index (χ4n) is 2.30. The zero-order valence-electron chi connectivity index (χ0n) is 11.0. The minimum atomic E-state index is -3.12. The highest BCUT2D eigenvalue weighted by Crippen LogP contribution is 2.27. The Kier molecular flexibility index (Phi) is 4.59. The molecule has 116 valence electrons. The maximum atomic E-state index is 11.5. The van der Waals surface area contributed by atoms with E-state index in [2.05, 4.69) is 0 Å². The van der Waals surface area contributed by atoms with E-state index in [9.17, 15) is 23.3 Å². The van der Waals surface area contributed by atoms with Crippen LogP contribution in [0.3, 0.4) is 0 Å². The number of carbonyl (C=O) groups is 1. The average molecular weight is 334 g/mol. The van der Waals surface area contributed by atoms with Gasteiger partial charge in [0, 0.05) is 23.5 Å². The Balaban J connectivity index is 2.12. The third kappa shape index (κ3) is 4.22. The van der Waals surface area contributed by atoms with Gasteiger partial charge in [0.15, 0.2) is 9.84 Å². The molecule has 0 amide bonds. The lowest BCUT2D eigenvalue weighted by Crippen LogP contribution is -2.39. The number of hydrogen-bond acceptors (Lipinski definition) is 7. The molecule has 2 heterocycles. The van der Waals surface area contributed by atoms with E-state index in [1.165, 1.54) is 6.07 Å². The molecule has 1 aliphatic heterocycles. The van der Waals surface area contributed by atoms with Gasteiger partial charge in [0.1, 0.15) is 0 Å². The number of thiophene rings is 1. The van der Waals surface area contributed by atoms with Gasteiger partial charge in [-0.2, -0.15) is 0 Å². The number of rotatable bonds is 6. The first kappa shape index (κ1) is 15.9. The number of hydrogen-bond donors (Lipinski definition) is 1. The second-order valence-corrected chi connectivity index (χ2v) is 8.23. The molecule has 1 fully saturated rings. The second kappa shape index (κ2) is 6.08. The lowest BCUT2D eigenvalue weighted by Gasteiger charge is -2.25. The Morgan fingerprint density at radius 1 is 1.52 bits per heavy atom. The molecular formula is C11H14N2O6S2. The van der Waals surface area contributed by atoms with Crippen molar-refractivity contribution < 1.29 is 23.2 Å². The molecule has 1 unspecified atom stereocenters. The van der Waals surface area contributed by atoms with Crippen LogP contribution in [0.5, 0.6) is 0 Å². The smallest absolute Gasteiger partial charge is 0.324 e. The molecule has 1 aromatic rings. The minimum absolute atomic E-state index is 0.0145. The Morgan fingerprint density at radius 3 is 2.71 bits per heavy atom. The van der Waals surface area contributed by atoms with E-state index in [1.807, 2.05) is 0 Å². The van der Waals surface area contributed by atoms with Gasteiger partial charge >= 0.3 is 11.0 Å². The van der Waals surface area contributed by atoms with Crippen LogP contribution in [0.1, 0.15) is 11.3 Å². The highest BCUT2D eigenvalue weighted by molar-refractivity contribution is 7.91. The summed E-state index contributed by atoms with van der Waals surface area (Å²) in [5, 5.41) is 19.6. The molecule has 2 rings (SSSR count). The number of carboxylic acids is 1. The minimum Gasteiger partial charge on any atom is -0.480 e. The van der Waals surface area contributed by atoms with Crippen molar-refractivity contribution in [2.75, 3.05) is 18.1 Å². The van der Waals surface area contributed by atoms with Crippen molar-refractivity contribution in [3.63, 3.8) is 0 Å². The summed E-state index contributed by atoms with van der Waals surface area (Å²) in [4.78, 5) is 23.3. The fourth-order valence-corrected chi connectivity index (χ4v) is 4.91. The van der Waals surface area contributed by atoms with Crippen LogP contribution in [-0.4, -0.2) is 53.4 Å². The van der Waals surface area contributed by atoms with Crippen molar-refractivity contribution in [3.05, 3.63) is 27.1 Å². The molecule has 0 aliphatic carbocycles. The van der Waals surface area contributed by atoms with Gasteiger partial charge in [0.2, 0.25) is 0 Å². The predicted octanol–water partition coefficient (Wildman–Crippen LogP) is 0.730. The molecule has 0 bridgehead atoms. The normalized spacial score (nSPS) is 20.7. The van der Waals surface area contributed by atoms with Gasteiger partial charge in [-0.1, -0.05) is 11.3 Å². The van der Waals surface area contributed by atoms with Crippen molar-refractivity contribution in [2.24, 2.45) is 0 Å². The zero-order chi connectivity index (χ0) is 15.6. The van der Waals surface area contributed by atoms with Crippen LogP contribution in [-0.2, 0) is 21.2 Å². The monoisotopic (exact) mass is 334 g/mol. The third-order valence-corrected chi connectivity index (χ3v) is 6.02. The Morgan fingerprint density at radius 2 is 2.24 bits per heavy atom. The highest BCUT2D eigenvalue weighted by atomic mass is 32.2. The fraction of sp³-hybridized carbons (Fsp3) is 0.545. The van der Waals surface area contributed by atoms with E-state index in [-0.39, 0.29) is 35.6 Å². The zero-order valence-corrected chi connectivity index (χ0v) is 12.6. The number of nitrogens with zero attached hydrogens (tertiary/aromatic N) is 2. The van der Waals surface area contributed by atoms with Crippen molar-refractivity contribution in [2.45, 2.75) is 19.0 Å². The van der Waals surface area contributed by atoms with Crippen molar-refractivity contribution in [1.29, 1.82) is 0 Å². The van der Waals surface area contributed by atoms with E-state index in [1.54, 1.807) is 11.0 Å². The van der Waals surface area contributed by atoms with Crippen LogP contribution in [0.25, 0.3) is 0 Å². The lowest BCUT2D eigenvalue weighted by atomic mass is 10.2. The first-order valence-corrected chi connectivity index (χ1v) is 8.80. The summed E-state index contributed by atoms with van der Waals surface area (Å²) in [5.74, 6) is -1.06. The average Bonchev–Trinajstić information content (AvgIpc) is 2.94. The van der Waals surface area contributed by atoms with Crippen LogP contribution >= 0.6 is 11.3 Å². The van der Waals surface area contributed by atoms with Gasteiger partial charge in [0.05, 0.1) is 23.0 Å². The number of carboxylic acid groups (broad SMARTS) is 1. The Labute approximate surface area is 125 Å². The predicted molar refractivity (Wildman–Crippen MR) is 76.1 cm³/mol. The Hall–Kier alpha value is -1.52. The summed E-state index contributed by atoms with van der Waals surface area (Å²) in [6.45, 7) is -0.0864. The summed E-state index contributed by atoms with van der Waals surface area (Å²) >= 11 is 0.972. The second-order valence-electron chi connectivity index (χ2n) is 4.85. The van der Waals surface area contributed by atoms with Gasteiger partial charge in [-0.05, 0) is 12.5 Å². The van der Waals surface area contributed by atoms with E-state index in [0.29, 0.717) is 11.3 Å². The summed E-state index contributed by atoms with van der Waals surface area (Å²) < 4.78 is 23.0. The van der Waals surface area contributed by atoms with Crippen molar-refractivity contribution in [3.8, 4) is 0 Å². The van der Waals surface area contributed by atoms with Crippen LogP contribution in [0.2, 0.25) is 0 Å². The van der Waals surface area contributed by atoms with Gasteiger partial charge < -0.3 is 5.11 Å². The molecule has 10 heteroatoms. The molecule has 1 atom stereocenters. The highest BCUT2D eigenvalue weighted by Gasteiger charge is 2.33. The van der Waals surface area contributed by atoms with Crippen molar-refractivity contribution in [1.82, 2.24) is 4.90 Å². The molecule has 0 aromatic carbocycles. The molecule has 21 heavy (non-hydrogen) atoms. The first-order chi connectivity index (χ1) is 9.77. The summed E-state index contributed by atoms with van der Waals surface area (Å²) in [7, 11) is -3.12. The topological polar surface area (TPSA) is 118 Å². The van der Waals surface area contributed by atoms with Crippen LogP contribution in [0.4, 0.5) is 5.00 Å². The standard InChI is InChI=1S/C11H14N2O6S2/c14-11(15)6-12(8-3-4-21(18,19)7-8)5-9-1-2-10(20-9)13(16)17/h1-2,8H,3-7H2,(H,14,15). The lowest BCUT2D eigenvalue weighted by molar-refractivity contribution is -0.380. The van der Waals surface area contributed by atoms with Gasteiger partial charge in [-0.25, -0.2) is 8.42 Å². The maximum Gasteiger partial charge on any atom is 0.324 e. The molecular weight excluding hydrogens is 320 g/mol. The molecule has 0 spiro atoms. The van der Waals surface area contributed by atoms with E-state index in [0.717, 1.165) is 11.3 Å². The number of aliphatic carboxylic acids is 1. The van der Waals surface area contributed by atoms with E-state index < -0.39 is 20.7 Å². The molecule has 8 nitrogen and oxygen atoms in total. The maximum absolute atomic E-state index is 11.5. The molecule has 0 radical (unpaired) electrons. The van der Waals surface area contributed by atoms with Gasteiger partial charge in [-0.15, -0.1) is 0 Å². The van der Waals surface area contributed by atoms with Crippen LogP contribution in [0.15, 0.2) is 12.1 Å². The third-order valence-electron chi connectivity index (χ3n) is 3.25. The van der Waals surface area contributed by atoms with E-state index in [4.69, 9.17) is 5.11 Å². The number of nitro groups is 1. The molecule has 1 aliphatic rings. The first-order valence-electron chi connectivity index (χ1n) is 6.16. The molecule has 1 N–H and O–H groups in total. The van der Waals surface area contributed by atoms with Crippen LogP contribution < -0.4 is 0 Å². The summed E-state index contributed by atoms with van der Waals surface area (Å²) in [6, 6.07) is 2.58. The van der Waals surface area contributed by atoms with Crippen molar-refractivity contribution >= 4 is 32.1 Å². The number of sulfone groups is 1.